The van der Waals surface area contributed by atoms with Gasteiger partial charge in [-0.15, -0.1) is 0 Å². The number of hydrogen-bond donors (Lipinski definition) is 1. The number of aliphatic hydroxyl groups excluding tert-OH is 1. The summed E-state index contributed by atoms with van der Waals surface area (Å²) >= 11 is 0. The third-order valence-electron chi connectivity index (χ3n) is 1.83. The van der Waals surface area contributed by atoms with Crippen molar-refractivity contribution in [3.63, 3.8) is 0 Å². The Morgan fingerprint density at radius 1 is 1.33 bits per heavy atom. The highest BCUT2D eigenvalue weighted by atomic mass is 16.3. The fraction of sp³-hybridized carbons (Fsp3) is 0.333. The second-order valence-corrected chi connectivity index (χ2v) is 2.84. The van der Waals surface area contributed by atoms with Gasteiger partial charge < -0.3 is 5.11 Å². The number of nitrogens with zero attached hydrogens (tertiary/aromatic N) is 2. The first kappa shape index (κ1) is 8.69. The van der Waals surface area contributed by atoms with Crippen LogP contribution in [-0.4, -0.2) is 5.11 Å². The van der Waals surface area contributed by atoms with Gasteiger partial charge in [0.15, 0.2) is 4.98 Å². The molecule has 0 radical (unpaired) electrons. The fourth-order valence-corrected chi connectivity index (χ4v) is 1.29. The molecule has 12 heavy (non-hydrogen) atoms. The minimum atomic E-state index is 0.0212. The smallest absolute Gasteiger partial charge is 0.390 e. The lowest BCUT2D eigenvalue weighted by Gasteiger charge is -1.97. The maximum Gasteiger partial charge on any atom is 0.390 e. The zero-order valence-corrected chi connectivity index (χ0v) is 7.20. The third-order valence-corrected chi connectivity index (χ3v) is 1.83. The van der Waals surface area contributed by atoms with Crippen molar-refractivity contribution >= 4 is 5.69 Å². The van der Waals surface area contributed by atoms with Gasteiger partial charge in [0, 0.05) is 11.1 Å². The van der Waals surface area contributed by atoms with E-state index in [0.717, 1.165) is 16.7 Å². The van der Waals surface area contributed by atoms with E-state index >= 15 is 0 Å². The molecule has 0 saturated carbocycles. The monoisotopic (exact) mass is 163 g/mol. The number of benzene rings is 1. The Labute approximate surface area is 71.3 Å². The van der Waals surface area contributed by atoms with Crippen LogP contribution in [0.25, 0.3) is 4.98 Å². The summed E-state index contributed by atoms with van der Waals surface area (Å²) in [6, 6.07) is 3.62. The molecular formula is C9H11N2O+. The van der Waals surface area contributed by atoms with E-state index in [1.54, 1.807) is 0 Å². The van der Waals surface area contributed by atoms with Crippen LogP contribution in [0, 0.1) is 19.2 Å². The average Bonchev–Trinajstić information content (AvgIpc) is 2.03. The number of aryl methyl sites for hydroxylation is 2. The summed E-state index contributed by atoms with van der Waals surface area (Å²) in [6.45, 7) is 3.72. The van der Waals surface area contributed by atoms with Gasteiger partial charge in [-0.25, -0.2) is 0 Å². The summed E-state index contributed by atoms with van der Waals surface area (Å²) < 4.78 is 0. The molecule has 0 heterocycles. The molecule has 0 aliphatic heterocycles. The van der Waals surface area contributed by atoms with Crippen molar-refractivity contribution in [3.8, 4) is 0 Å². The highest BCUT2D eigenvalue weighted by molar-refractivity contribution is 5.58. The van der Waals surface area contributed by atoms with Crippen LogP contribution in [-0.2, 0) is 6.61 Å². The zero-order valence-electron chi connectivity index (χ0n) is 7.20. The number of aliphatic hydroxyl groups is 1. The van der Waals surface area contributed by atoms with E-state index in [0.29, 0.717) is 5.69 Å². The van der Waals surface area contributed by atoms with Gasteiger partial charge in [-0.2, -0.15) is 0 Å². The van der Waals surface area contributed by atoms with E-state index in [1.807, 2.05) is 26.0 Å². The van der Waals surface area contributed by atoms with Crippen molar-refractivity contribution in [2.75, 3.05) is 0 Å². The lowest BCUT2D eigenvalue weighted by molar-refractivity contribution is 0.281. The normalized spacial score (nSPS) is 9.50. The van der Waals surface area contributed by atoms with Gasteiger partial charge in [0.05, 0.1) is 6.61 Å². The van der Waals surface area contributed by atoms with Crippen molar-refractivity contribution < 1.29 is 5.11 Å². The Morgan fingerprint density at radius 2 is 1.83 bits per heavy atom. The van der Waals surface area contributed by atoms with Crippen LogP contribution in [0.1, 0.15) is 16.7 Å². The average molecular weight is 163 g/mol. The highest BCUT2D eigenvalue weighted by Gasteiger charge is 2.14. The number of hydrogen-bond acceptors (Lipinski definition) is 2. The largest absolute Gasteiger partial charge is 0.392 e. The van der Waals surface area contributed by atoms with E-state index in [-0.39, 0.29) is 6.61 Å². The lowest BCUT2D eigenvalue weighted by atomic mass is 10.1. The van der Waals surface area contributed by atoms with Gasteiger partial charge in [-0.1, -0.05) is 0 Å². The maximum atomic E-state index is 8.86. The predicted molar refractivity (Wildman–Crippen MR) is 46.6 cm³/mol. The Hall–Kier alpha value is -1.40. The first-order valence-electron chi connectivity index (χ1n) is 3.75. The lowest BCUT2D eigenvalue weighted by Crippen LogP contribution is -1.87. The summed E-state index contributed by atoms with van der Waals surface area (Å²) in [6.07, 6.45) is 0. The molecule has 0 aliphatic rings. The van der Waals surface area contributed by atoms with E-state index in [2.05, 4.69) is 4.98 Å². The molecule has 1 aromatic carbocycles. The molecule has 0 atom stereocenters. The van der Waals surface area contributed by atoms with E-state index < -0.39 is 0 Å². The molecular weight excluding hydrogens is 152 g/mol. The quantitative estimate of drug-likeness (QED) is 0.645. The summed E-state index contributed by atoms with van der Waals surface area (Å²) in [5.41, 5.74) is 3.19. The molecule has 0 saturated heterocycles. The first-order valence-corrected chi connectivity index (χ1v) is 3.75. The van der Waals surface area contributed by atoms with Crippen LogP contribution < -0.4 is 0 Å². The summed E-state index contributed by atoms with van der Waals surface area (Å²) in [5.74, 6) is 0. The summed E-state index contributed by atoms with van der Waals surface area (Å²) in [4.78, 5) is 3.16. The van der Waals surface area contributed by atoms with Crippen LogP contribution in [0.15, 0.2) is 12.1 Å². The molecule has 3 heteroatoms. The van der Waals surface area contributed by atoms with Crippen LogP contribution in [0.5, 0.6) is 0 Å². The number of rotatable bonds is 1. The molecule has 62 valence electrons. The second kappa shape index (κ2) is 3.33. The molecule has 0 unspecified atom stereocenters. The molecule has 0 spiro atoms. The van der Waals surface area contributed by atoms with Crippen LogP contribution in [0.3, 0.4) is 0 Å². The second-order valence-electron chi connectivity index (χ2n) is 2.84. The van der Waals surface area contributed by atoms with Crippen LogP contribution >= 0.6 is 0 Å². The minimum absolute atomic E-state index is 0.0212. The van der Waals surface area contributed by atoms with Gasteiger partial charge in [0.2, 0.25) is 5.39 Å². The van der Waals surface area contributed by atoms with Gasteiger partial charge >= 0.3 is 5.69 Å². The molecule has 1 N–H and O–H groups in total. The van der Waals surface area contributed by atoms with E-state index in [1.165, 1.54) is 0 Å². The van der Waals surface area contributed by atoms with E-state index in [9.17, 15) is 0 Å². The molecule has 0 fully saturated rings. The fourth-order valence-electron chi connectivity index (χ4n) is 1.29. The minimum Gasteiger partial charge on any atom is -0.392 e. The van der Waals surface area contributed by atoms with Crippen LogP contribution in [0.2, 0.25) is 0 Å². The summed E-state index contributed by atoms with van der Waals surface area (Å²) in [7, 11) is 0. The van der Waals surface area contributed by atoms with Crippen molar-refractivity contribution in [1.29, 1.82) is 5.39 Å². The standard InChI is InChI=1S/C9H11N2O/c1-6-3-8(5-12)4-7(2)9(6)11-10/h3-4,12H,5H2,1-2H3/q+1. The van der Waals surface area contributed by atoms with E-state index in [4.69, 9.17) is 10.5 Å². The topological polar surface area (TPSA) is 48.4 Å². The van der Waals surface area contributed by atoms with Crippen molar-refractivity contribution in [2.45, 2.75) is 20.5 Å². The molecule has 3 nitrogen and oxygen atoms in total. The van der Waals surface area contributed by atoms with Crippen molar-refractivity contribution in [1.82, 2.24) is 0 Å². The molecule has 0 aliphatic carbocycles. The Kier molecular flexibility index (Phi) is 2.41. The maximum absolute atomic E-state index is 8.86. The van der Waals surface area contributed by atoms with Gasteiger partial charge in [0.1, 0.15) is 0 Å². The predicted octanol–water partition coefficient (Wildman–Crippen LogP) is 2.28. The van der Waals surface area contributed by atoms with Crippen molar-refractivity contribution in [2.24, 2.45) is 0 Å². The zero-order chi connectivity index (χ0) is 9.14. The third kappa shape index (κ3) is 1.44. The highest BCUT2D eigenvalue weighted by Crippen LogP contribution is 2.24. The summed E-state index contributed by atoms with van der Waals surface area (Å²) in [5, 5.41) is 17.5. The molecule has 0 aromatic heterocycles. The van der Waals surface area contributed by atoms with Crippen molar-refractivity contribution in [3.05, 3.63) is 33.8 Å². The SMILES string of the molecule is Cc1cc(CO)cc(C)c1[N+]#N. The van der Waals surface area contributed by atoms with Gasteiger partial charge in [-0.3, -0.25) is 0 Å². The molecule has 0 amide bonds. The Balaban J connectivity index is 3.30. The number of diazo groups is 1. The van der Waals surface area contributed by atoms with Crippen LogP contribution in [0.4, 0.5) is 5.69 Å². The molecule has 1 rings (SSSR count). The first-order chi connectivity index (χ1) is 5.69. The molecule has 0 bridgehead atoms. The Morgan fingerprint density at radius 3 is 2.17 bits per heavy atom. The Bertz CT molecular complexity index is 316. The van der Waals surface area contributed by atoms with Gasteiger partial charge in [-0.05, 0) is 31.5 Å². The van der Waals surface area contributed by atoms with Gasteiger partial charge in [0.25, 0.3) is 0 Å². The molecule has 1 aromatic rings.